The zero-order valence-corrected chi connectivity index (χ0v) is 12.1. The van der Waals surface area contributed by atoms with Gasteiger partial charge >= 0.3 is 0 Å². The number of nitrogens with zero attached hydrogens (tertiary/aromatic N) is 1. The number of sulfonamides is 1. The molecule has 1 aromatic carbocycles. The summed E-state index contributed by atoms with van der Waals surface area (Å²) in [7, 11) is -1.88. The lowest BCUT2D eigenvalue weighted by atomic mass is 10.1. The van der Waals surface area contributed by atoms with E-state index in [0.717, 1.165) is 12.0 Å². The number of hydrogen-bond acceptors (Lipinski definition) is 4. The van der Waals surface area contributed by atoms with Crippen molar-refractivity contribution in [1.29, 1.82) is 0 Å². The molecule has 1 aliphatic heterocycles. The monoisotopic (exact) mass is 284 g/mol. The molecule has 0 amide bonds. The van der Waals surface area contributed by atoms with E-state index in [-0.39, 0.29) is 17.0 Å². The summed E-state index contributed by atoms with van der Waals surface area (Å²) >= 11 is 0. The lowest BCUT2D eigenvalue weighted by molar-refractivity contribution is 0.181. The van der Waals surface area contributed by atoms with Crippen molar-refractivity contribution >= 4 is 10.0 Å². The van der Waals surface area contributed by atoms with Gasteiger partial charge in [0.1, 0.15) is 0 Å². The van der Waals surface area contributed by atoms with Crippen LogP contribution in [0, 0.1) is 0 Å². The Morgan fingerprint density at radius 2 is 2.21 bits per heavy atom. The zero-order valence-electron chi connectivity index (χ0n) is 11.2. The van der Waals surface area contributed by atoms with Crippen molar-refractivity contribution < 1.29 is 13.2 Å². The van der Waals surface area contributed by atoms with Gasteiger partial charge in [0, 0.05) is 19.7 Å². The molecule has 0 aromatic heterocycles. The summed E-state index contributed by atoms with van der Waals surface area (Å²) in [5, 5.41) is 0. The van der Waals surface area contributed by atoms with Crippen LogP contribution in [0.3, 0.4) is 0 Å². The quantitative estimate of drug-likeness (QED) is 0.899. The highest BCUT2D eigenvalue weighted by molar-refractivity contribution is 7.89. The second kappa shape index (κ2) is 5.58. The summed E-state index contributed by atoms with van der Waals surface area (Å²) in [5.41, 5.74) is 6.61. The fraction of sp³-hybridized carbons (Fsp3) is 0.538. The van der Waals surface area contributed by atoms with E-state index in [1.165, 1.54) is 4.31 Å². The average Bonchev–Trinajstić information content (AvgIpc) is 2.91. The Kier molecular flexibility index (Phi) is 4.25. The summed E-state index contributed by atoms with van der Waals surface area (Å²) in [6.07, 6.45) is 0.739. The molecule has 1 saturated heterocycles. The maximum absolute atomic E-state index is 12.5. The Morgan fingerprint density at radius 3 is 2.79 bits per heavy atom. The first kappa shape index (κ1) is 14.5. The average molecular weight is 284 g/mol. The predicted molar refractivity (Wildman–Crippen MR) is 73.2 cm³/mol. The summed E-state index contributed by atoms with van der Waals surface area (Å²) in [5.74, 6) is 0. The molecule has 2 rings (SSSR count). The Hall–Kier alpha value is -0.950. The van der Waals surface area contributed by atoms with Gasteiger partial charge in [-0.15, -0.1) is 0 Å². The molecule has 2 N–H and O–H groups in total. The number of benzene rings is 1. The van der Waals surface area contributed by atoms with E-state index in [1.807, 2.05) is 13.0 Å². The molecule has 0 aliphatic carbocycles. The van der Waals surface area contributed by atoms with Crippen LogP contribution < -0.4 is 5.73 Å². The lowest BCUT2D eigenvalue weighted by Crippen LogP contribution is -2.37. The minimum atomic E-state index is -3.48. The van der Waals surface area contributed by atoms with Crippen molar-refractivity contribution in [3.8, 4) is 0 Å². The number of hydrogen-bond donors (Lipinski definition) is 1. The summed E-state index contributed by atoms with van der Waals surface area (Å²) in [6.45, 7) is 2.91. The van der Waals surface area contributed by atoms with Gasteiger partial charge in [-0.05, 0) is 31.0 Å². The zero-order chi connectivity index (χ0) is 14.0. The predicted octanol–water partition coefficient (Wildman–Crippen LogP) is 1.12. The van der Waals surface area contributed by atoms with Crippen LogP contribution in [0.4, 0.5) is 0 Å². The molecule has 5 nitrogen and oxygen atoms in total. The standard InChI is InChI=1S/C13H20N2O3S/c1-10(14)11-4-3-5-13(8-11)19(16,17)15(2)12-6-7-18-9-12/h3-5,8,10,12H,6-7,9,14H2,1-2H3. The molecule has 0 saturated carbocycles. The Morgan fingerprint density at radius 1 is 1.47 bits per heavy atom. The maximum Gasteiger partial charge on any atom is 0.243 e. The van der Waals surface area contributed by atoms with Gasteiger partial charge in [0.2, 0.25) is 10.0 Å². The van der Waals surface area contributed by atoms with Gasteiger partial charge in [0.05, 0.1) is 17.5 Å². The normalized spacial score (nSPS) is 21.8. The van der Waals surface area contributed by atoms with Crippen LogP contribution in [0.2, 0.25) is 0 Å². The molecule has 2 atom stereocenters. The first-order valence-corrected chi connectivity index (χ1v) is 7.78. The van der Waals surface area contributed by atoms with Crippen LogP contribution in [-0.4, -0.2) is 39.0 Å². The number of nitrogens with two attached hydrogens (primary N) is 1. The third-order valence-corrected chi connectivity index (χ3v) is 5.39. The number of rotatable bonds is 4. The van der Waals surface area contributed by atoms with Crippen LogP contribution in [-0.2, 0) is 14.8 Å². The molecule has 19 heavy (non-hydrogen) atoms. The molecular formula is C13H20N2O3S. The van der Waals surface area contributed by atoms with Gasteiger partial charge in [0.25, 0.3) is 0 Å². The van der Waals surface area contributed by atoms with Gasteiger partial charge in [-0.2, -0.15) is 4.31 Å². The van der Waals surface area contributed by atoms with Gasteiger partial charge < -0.3 is 10.5 Å². The fourth-order valence-corrected chi connectivity index (χ4v) is 3.56. The molecule has 1 aromatic rings. The number of ether oxygens (including phenoxy) is 1. The Bertz CT molecular complexity index is 537. The highest BCUT2D eigenvalue weighted by Crippen LogP contribution is 2.22. The second-order valence-electron chi connectivity index (χ2n) is 4.90. The van der Waals surface area contributed by atoms with E-state index in [9.17, 15) is 8.42 Å². The summed E-state index contributed by atoms with van der Waals surface area (Å²) in [6, 6.07) is 6.55. The van der Waals surface area contributed by atoms with Gasteiger partial charge in [-0.25, -0.2) is 8.42 Å². The highest BCUT2D eigenvalue weighted by Gasteiger charge is 2.30. The first-order valence-electron chi connectivity index (χ1n) is 6.34. The highest BCUT2D eigenvalue weighted by atomic mass is 32.2. The SMILES string of the molecule is CC(N)c1cccc(S(=O)(=O)N(C)C2CCOC2)c1. The molecule has 0 spiro atoms. The lowest BCUT2D eigenvalue weighted by Gasteiger charge is -2.23. The van der Waals surface area contributed by atoms with E-state index in [1.54, 1.807) is 25.2 Å². The van der Waals surface area contributed by atoms with Crippen molar-refractivity contribution in [3.05, 3.63) is 29.8 Å². The Balaban J connectivity index is 2.30. The van der Waals surface area contributed by atoms with E-state index in [2.05, 4.69) is 0 Å². The molecule has 2 unspecified atom stereocenters. The molecule has 0 radical (unpaired) electrons. The molecule has 0 bridgehead atoms. The Labute approximate surface area is 114 Å². The topological polar surface area (TPSA) is 72.6 Å². The van der Waals surface area contributed by atoms with E-state index in [4.69, 9.17) is 10.5 Å². The maximum atomic E-state index is 12.5. The second-order valence-corrected chi connectivity index (χ2v) is 6.90. The third kappa shape index (κ3) is 2.97. The molecule has 1 fully saturated rings. The summed E-state index contributed by atoms with van der Waals surface area (Å²) in [4.78, 5) is 0.289. The largest absolute Gasteiger partial charge is 0.380 e. The van der Waals surface area contributed by atoms with Crippen molar-refractivity contribution in [2.45, 2.75) is 30.3 Å². The molecule has 1 heterocycles. The van der Waals surface area contributed by atoms with E-state index >= 15 is 0 Å². The summed E-state index contributed by atoms with van der Waals surface area (Å²) < 4.78 is 31.7. The van der Waals surface area contributed by atoms with Crippen LogP contribution in [0.15, 0.2) is 29.2 Å². The van der Waals surface area contributed by atoms with Crippen molar-refractivity contribution in [2.75, 3.05) is 20.3 Å². The molecule has 1 aliphatic rings. The van der Waals surface area contributed by atoms with E-state index < -0.39 is 10.0 Å². The minimum absolute atomic E-state index is 0.0797. The first-order chi connectivity index (χ1) is 8.93. The number of likely N-dealkylation sites (N-methyl/N-ethyl adjacent to an activating group) is 1. The fourth-order valence-electron chi connectivity index (χ4n) is 2.13. The van der Waals surface area contributed by atoms with Gasteiger partial charge in [0.15, 0.2) is 0 Å². The van der Waals surface area contributed by atoms with Crippen LogP contribution in [0.25, 0.3) is 0 Å². The van der Waals surface area contributed by atoms with Crippen molar-refractivity contribution in [1.82, 2.24) is 4.31 Å². The third-order valence-electron chi connectivity index (χ3n) is 3.48. The molecule has 6 heteroatoms. The van der Waals surface area contributed by atoms with Crippen LogP contribution in [0.1, 0.15) is 24.9 Å². The van der Waals surface area contributed by atoms with E-state index in [0.29, 0.717) is 13.2 Å². The van der Waals surface area contributed by atoms with Crippen LogP contribution >= 0.6 is 0 Å². The molecule has 106 valence electrons. The van der Waals surface area contributed by atoms with Crippen molar-refractivity contribution in [3.63, 3.8) is 0 Å². The van der Waals surface area contributed by atoms with Gasteiger partial charge in [-0.1, -0.05) is 12.1 Å². The minimum Gasteiger partial charge on any atom is -0.380 e. The van der Waals surface area contributed by atoms with Gasteiger partial charge in [-0.3, -0.25) is 0 Å². The van der Waals surface area contributed by atoms with Crippen molar-refractivity contribution in [2.24, 2.45) is 5.73 Å². The smallest absolute Gasteiger partial charge is 0.243 e. The van der Waals surface area contributed by atoms with Crippen LogP contribution in [0.5, 0.6) is 0 Å². The molecular weight excluding hydrogens is 264 g/mol.